The summed E-state index contributed by atoms with van der Waals surface area (Å²) in [7, 11) is 0. The predicted molar refractivity (Wildman–Crippen MR) is 42.8 cm³/mol. The van der Waals surface area contributed by atoms with Crippen LogP contribution in [0.1, 0.15) is 0 Å². The van der Waals surface area contributed by atoms with E-state index in [1.54, 1.807) is 12.1 Å². The molecular weight excluding hydrogens is 287 g/mol. The third-order valence-corrected chi connectivity index (χ3v) is 4.00. The van der Waals surface area contributed by atoms with Crippen molar-refractivity contribution in [1.82, 2.24) is 0 Å². The summed E-state index contributed by atoms with van der Waals surface area (Å²) in [4.78, 5) is 1.01. The molecule has 0 saturated heterocycles. The van der Waals surface area contributed by atoms with Gasteiger partial charge in [-0.05, 0) is 0 Å². The van der Waals surface area contributed by atoms with Gasteiger partial charge in [0.1, 0.15) is 0 Å². The molecule has 13 heavy (non-hydrogen) atoms. The van der Waals surface area contributed by atoms with Crippen molar-refractivity contribution in [2.45, 2.75) is 6.55 Å². The molecule has 0 saturated carbocycles. The van der Waals surface area contributed by atoms with Gasteiger partial charge >= 0.3 is 85.2 Å². The van der Waals surface area contributed by atoms with E-state index in [1.807, 2.05) is 16.2 Å². The Morgan fingerprint density at radius 2 is 2.00 bits per heavy atom. The second kappa shape index (κ2) is 3.61. The molecule has 1 aliphatic rings. The summed E-state index contributed by atoms with van der Waals surface area (Å²) in [6.07, 6.45) is 1.49. The summed E-state index contributed by atoms with van der Waals surface area (Å²) in [5.41, 5.74) is 0.660. The molecule has 1 aliphatic heterocycles. The van der Waals surface area contributed by atoms with Gasteiger partial charge in [-0.3, -0.25) is 0 Å². The van der Waals surface area contributed by atoms with Crippen molar-refractivity contribution in [3.63, 3.8) is 0 Å². The number of fused-ring (bicyclic) bond motifs is 1. The molecule has 0 radical (unpaired) electrons. The topological polar surface area (TPSA) is 3.24 Å². The van der Waals surface area contributed by atoms with Crippen molar-refractivity contribution in [3.05, 3.63) is 38.1 Å². The van der Waals surface area contributed by atoms with Crippen molar-refractivity contribution in [2.24, 2.45) is 0 Å². The van der Waals surface area contributed by atoms with Crippen LogP contribution in [0.4, 0.5) is 14.5 Å². The van der Waals surface area contributed by atoms with Gasteiger partial charge < -0.3 is 0 Å². The number of alkyl halides is 2. The standard InChI is InChI=1S/C9H7F2IN/c10-9(11)13-6-5-12-7-3-1-2-4-8(7)13/h1-6,9H/q-1. The molecule has 0 amide bonds. The minimum atomic E-state index is -2.44. The monoisotopic (exact) mass is 294 g/mol. The molecule has 0 aliphatic carbocycles. The second-order valence-electron chi connectivity index (χ2n) is 2.52. The van der Waals surface area contributed by atoms with Crippen LogP contribution >= 0.6 is 0 Å². The first-order chi connectivity index (χ1) is 6.29. The first kappa shape index (κ1) is 8.93. The molecule has 0 spiro atoms. The van der Waals surface area contributed by atoms with Crippen LogP contribution < -0.4 is 26.1 Å². The van der Waals surface area contributed by atoms with Gasteiger partial charge in [0.05, 0.1) is 0 Å². The molecule has 1 aromatic carbocycles. The number of hydrogen-bond donors (Lipinski definition) is 0. The molecule has 0 bridgehead atoms. The van der Waals surface area contributed by atoms with Gasteiger partial charge in [0.2, 0.25) is 0 Å². The summed E-state index contributed by atoms with van der Waals surface area (Å²) >= 11 is -0.213. The summed E-state index contributed by atoms with van der Waals surface area (Å²) in [5.74, 6) is 0. The van der Waals surface area contributed by atoms with Gasteiger partial charge in [-0.25, -0.2) is 0 Å². The van der Waals surface area contributed by atoms with Gasteiger partial charge in [-0.2, -0.15) is 0 Å². The Labute approximate surface area is 85.3 Å². The molecule has 0 unspecified atom stereocenters. The van der Waals surface area contributed by atoms with Crippen molar-refractivity contribution in [2.75, 3.05) is 4.90 Å². The van der Waals surface area contributed by atoms with Gasteiger partial charge in [-0.1, -0.05) is 0 Å². The second-order valence-corrected chi connectivity index (χ2v) is 5.02. The third-order valence-electron chi connectivity index (χ3n) is 1.74. The minimum absolute atomic E-state index is 0.213. The predicted octanol–water partition coefficient (Wildman–Crippen LogP) is -0.541. The number of hydrogen-bond acceptors (Lipinski definition) is 1. The van der Waals surface area contributed by atoms with Crippen molar-refractivity contribution < 1.29 is 30.0 Å². The summed E-state index contributed by atoms with van der Waals surface area (Å²) < 4.78 is 27.9. The summed E-state index contributed by atoms with van der Waals surface area (Å²) in [6, 6.07) is 7.34. The zero-order chi connectivity index (χ0) is 9.26. The van der Waals surface area contributed by atoms with Crippen molar-refractivity contribution in [1.29, 1.82) is 0 Å². The fraction of sp³-hybridized carbons (Fsp3) is 0.111. The molecule has 1 nitrogen and oxygen atoms in total. The van der Waals surface area contributed by atoms with E-state index in [1.165, 1.54) is 6.20 Å². The van der Waals surface area contributed by atoms with Gasteiger partial charge in [0.15, 0.2) is 0 Å². The average molecular weight is 294 g/mol. The molecule has 2 rings (SSSR count). The Morgan fingerprint density at radius 3 is 2.77 bits per heavy atom. The summed E-state index contributed by atoms with van der Waals surface area (Å²) in [5, 5.41) is 0. The quantitative estimate of drug-likeness (QED) is 0.497. The Kier molecular flexibility index (Phi) is 2.48. The van der Waals surface area contributed by atoms with Crippen LogP contribution in [0.25, 0.3) is 0 Å². The van der Waals surface area contributed by atoms with E-state index >= 15 is 0 Å². The molecule has 0 fully saturated rings. The Morgan fingerprint density at radius 1 is 1.23 bits per heavy atom. The fourth-order valence-electron chi connectivity index (χ4n) is 1.16. The first-order valence-electron chi connectivity index (χ1n) is 3.74. The number of rotatable bonds is 1. The zero-order valence-corrected chi connectivity index (χ0v) is 8.78. The molecule has 0 aromatic heterocycles. The molecule has 70 valence electrons. The Balaban J connectivity index is 2.42. The Bertz CT molecular complexity index is 338. The maximum atomic E-state index is 12.5. The van der Waals surface area contributed by atoms with E-state index in [9.17, 15) is 8.78 Å². The number of para-hydroxylation sites is 1. The van der Waals surface area contributed by atoms with Crippen LogP contribution in [-0.4, -0.2) is 6.55 Å². The molecule has 1 aromatic rings. The number of anilines is 1. The third kappa shape index (κ3) is 1.67. The molecule has 1 heterocycles. The van der Waals surface area contributed by atoms with Crippen LogP contribution in [-0.2, 0) is 0 Å². The van der Waals surface area contributed by atoms with E-state index in [4.69, 9.17) is 0 Å². The summed E-state index contributed by atoms with van der Waals surface area (Å²) in [6.45, 7) is -2.44. The van der Waals surface area contributed by atoms with E-state index < -0.39 is 6.55 Å². The van der Waals surface area contributed by atoms with Gasteiger partial charge in [-0.15, -0.1) is 0 Å². The van der Waals surface area contributed by atoms with Crippen molar-refractivity contribution >= 4 is 5.69 Å². The van der Waals surface area contributed by atoms with Crippen LogP contribution in [0, 0.1) is 3.57 Å². The van der Waals surface area contributed by atoms with E-state index in [0.717, 1.165) is 8.47 Å². The van der Waals surface area contributed by atoms with Crippen LogP contribution in [0.3, 0.4) is 0 Å². The van der Waals surface area contributed by atoms with Crippen LogP contribution in [0.5, 0.6) is 0 Å². The first-order valence-corrected chi connectivity index (χ1v) is 6.07. The maximum absolute atomic E-state index is 12.5. The zero-order valence-electron chi connectivity index (χ0n) is 6.62. The van der Waals surface area contributed by atoms with E-state index in [2.05, 4.69) is 0 Å². The van der Waals surface area contributed by atoms with E-state index in [0.29, 0.717) is 5.69 Å². The molecule has 4 heteroatoms. The SMILES string of the molecule is FC(F)N1C=C[I-]c2ccccc21. The van der Waals surface area contributed by atoms with Gasteiger partial charge in [0.25, 0.3) is 0 Å². The number of halogens is 3. The van der Waals surface area contributed by atoms with Gasteiger partial charge in [0, 0.05) is 0 Å². The fourth-order valence-corrected chi connectivity index (χ4v) is 3.25. The molecule has 0 atom stereocenters. The molecule has 0 N–H and O–H groups in total. The van der Waals surface area contributed by atoms with Crippen LogP contribution in [0.15, 0.2) is 34.5 Å². The number of benzene rings is 1. The van der Waals surface area contributed by atoms with Crippen molar-refractivity contribution in [3.8, 4) is 0 Å². The number of nitrogens with zero attached hydrogens (tertiary/aromatic N) is 1. The van der Waals surface area contributed by atoms with Crippen LogP contribution in [0.2, 0.25) is 0 Å². The average Bonchev–Trinajstić information content (AvgIpc) is 2.17. The van der Waals surface area contributed by atoms with E-state index in [-0.39, 0.29) is 21.2 Å². The normalized spacial score (nSPS) is 15.5. The molecular formula is C9H7F2IN-. The Hall–Kier alpha value is -0.650.